The maximum Gasteiger partial charge on any atom is 0.188 e. The van der Waals surface area contributed by atoms with E-state index in [1.807, 2.05) is 24.3 Å². The molecule has 0 aromatic heterocycles. The third-order valence-electron chi connectivity index (χ3n) is 5.91. The minimum absolute atomic E-state index is 0.120. The fourth-order valence-corrected chi connectivity index (χ4v) is 7.12. The molecule has 5 heteroatoms. The van der Waals surface area contributed by atoms with E-state index in [1.165, 1.54) is 0 Å². The second kappa shape index (κ2) is 6.24. The van der Waals surface area contributed by atoms with E-state index in [0.29, 0.717) is 17.9 Å². The molecule has 0 bridgehead atoms. The lowest BCUT2D eigenvalue weighted by molar-refractivity contribution is 0.246. The smallest absolute Gasteiger partial charge is 0.188 e. The number of rotatable bonds is 3. The Labute approximate surface area is 149 Å². The van der Waals surface area contributed by atoms with Crippen LogP contribution >= 0.6 is 0 Å². The predicted molar refractivity (Wildman–Crippen MR) is 99.0 cm³/mol. The van der Waals surface area contributed by atoms with Gasteiger partial charge in [-0.1, -0.05) is 42.5 Å². The van der Waals surface area contributed by atoms with Gasteiger partial charge < -0.3 is 11.1 Å². The first-order valence-corrected chi connectivity index (χ1v) is 10.4. The zero-order chi connectivity index (χ0) is 17.5. The molecular weight excluding hydrogens is 332 g/mol. The van der Waals surface area contributed by atoms with Crippen molar-refractivity contribution in [2.45, 2.75) is 34.9 Å². The Hall–Kier alpha value is -1.69. The Morgan fingerprint density at radius 2 is 1.76 bits per heavy atom. The van der Waals surface area contributed by atoms with Crippen molar-refractivity contribution in [1.82, 2.24) is 5.32 Å². The average Bonchev–Trinajstić information content (AvgIpc) is 3.04. The molecule has 132 valence electrons. The van der Waals surface area contributed by atoms with Crippen LogP contribution in [-0.2, 0) is 21.0 Å². The quantitative estimate of drug-likeness (QED) is 0.885. The summed E-state index contributed by atoms with van der Waals surface area (Å²) in [6.45, 7) is 1.49. The molecule has 1 aliphatic heterocycles. The number of piperidine rings is 1. The highest BCUT2D eigenvalue weighted by Crippen LogP contribution is 2.52. The number of nitrogens with one attached hydrogen (secondary N) is 1. The molecule has 1 saturated heterocycles. The number of hydrogen-bond acceptors (Lipinski definition) is 4. The van der Waals surface area contributed by atoms with E-state index in [-0.39, 0.29) is 12.0 Å². The average molecular weight is 356 g/mol. The number of hydrogen-bond donors (Lipinski definition) is 2. The van der Waals surface area contributed by atoms with Crippen molar-refractivity contribution in [3.63, 3.8) is 0 Å². The molecule has 2 aliphatic rings. The molecule has 3 N–H and O–H groups in total. The second-order valence-corrected chi connectivity index (χ2v) is 9.33. The first-order chi connectivity index (χ1) is 12.1. The Morgan fingerprint density at radius 1 is 1.04 bits per heavy atom. The van der Waals surface area contributed by atoms with E-state index >= 15 is 0 Å². The van der Waals surface area contributed by atoms with Gasteiger partial charge in [0.1, 0.15) is 4.75 Å². The highest BCUT2D eigenvalue weighted by atomic mass is 32.2. The molecule has 0 spiro atoms. The molecule has 1 fully saturated rings. The van der Waals surface area contributed by atoms with Crippen LogP contribution in [0.1, 0.15) is 24.0 Å². The zero-order valence-corrected chi connectivity index (χ0v) is 15.0. The van der Waals surface area contributed by atoms with Crippen LogP contribution < -0.4 is 11.1 Å². The van der Waals surface area contributed by atoms with Crippen LogP contribution in [0.2, 0.25) is 0 Å². The number of sulfone groups is 1. The van der Waals surface area contributed by atoms with Crippen molar-refractivity contribution in [3.8, 4) is 0 Å². The molecule has 3 unspecified atom stereocenters. The third kappa shape index (κ3) is 2.45. The highest BCUT2D eigenvalue weighted by Gasteiger charge is 2.56. The summed E-state index contributed by atoms with van der Waals surface area (Å²) in [5.41, 5.74) is 8.56. The van der Waals surface area contributed by atoms with Crippen LogP contribution in [0.5, 0.6) is 0 Å². The van der Waals surface area contributed by atoms with E-state index in [1.54, 1.807) is 24.3 Å². The molecular formula is C20H24N2O2S. The Kier molecular flexibility index (Phi) is 4.18. The normalized spacial score (nSPS) is 29.3. The third-order valence-corrected chi connectivity index (χ3v) is 8.49. The van der Waals surface area contributed by atoms with E-state index in [4.69, 9.17) is 5.73 Å². The lowest BCUT2D eigenvalue weighted by atomic mass is 9.78. The van der Waals surface area contributed by atoms with Gasteiger partial charge in [-0.25, -0.2) is 8.42 Å². The molecule has 3 atom stereocenters. The zero-order valence-electron chi connectivity index (χ0n) is 14.2. The summed E-state index contributed by atoms with van der Waals surface area (Å²) in [5, 5.41) is 3.38. The van der Waals surface area contributed by atoms with E-state index in [0.717, 1.165) is 30.5 Å². The molecule has 0 amide bonds. The molecule has 4 nitrogen and oxygen atoms in total. The van der Waals surface area contributed by atoms with E-state index in [2.05, 4.69) is 11.4 Å². The van der Waals surface area contributed by atoms with Gasteiger partial charge in [0.15, 0.2) is 9.84 Å². The molecule has 2 aromatic rings. The predicted octanol–water partition coefficient (Wildman–Crippen LogP) is 2.24. The fourth-order valence-electron chi connectivity index (χ4n) is 4.67. The maximum atomic E-state index is 13.9. The van der Waals surface area contributed by atoms with Crippen LogP contribution in [0, 0.1) is 5.92 Å². The Morgan fingerprint density at radius 3 is 2.52 bits per heavy atom. The van der Waals surface area contributed by atoms with Gasteiger partial charge >= 0.3 is 0 Å². The summed E-state index contributed by atoms with van der Waals surface area (Å²) in [6, 6.07) is 16.7. The van der Waals surface area contributed by atoms with Crippen molar-refractivity contribution < 1.29 is 8.42 Å². The molecule has 2 aromatic carbocycles. The summed E-state index contributed by atoms with van der Waals surface area (Å²) in [6.07, 6.45) is 2.19. The van der Waals surface area contributed by atoms with Gasteiger partial charge in [0, 0.05) is 18.5 Å². The summed E-state index contributed by atoms with van der Waals surface area (Å²) >= 11 is 0. The van der Waals surface area contributed by atoms with Gasteiger partial charge in [-0.3, -0.25) is 0 Å². The summed E-state index contributed by atoms with van der Waals surface area (Å²) in [4.78, 5) is 0.393. The van der Waals surface area contributed by atoms with Gasteiger partial charge in [0.2, 0.25) is 0 Å². The summed E-state index contributed by atoms with van der Waals surface area (Å²) in [7, 11) is -3.57. The van der Waals surface area contributed by atoms with Crippen molar-refractivity contribution in [1.29, 1.82) is 0 Å². The number of fused-ring (bicyclic) bond motifs is 1. The highest BCUT2D eigenvalue weighted by molar-refractivity contribution is 7.92. The van der Waals surface area contributed by atoms with Gasteiger partial charge in [0.25, 0.3) is 0 Å². The number of nitrogens with two attached hydrogens (primary N) is 1. The molecule has 0 saturated carbocycles. The first kappa shape index (κ1) is 16.8. The molecule has 25 heavy (non-hydrogen) atoms. The molecule has 1 aliphatic carbocycles. The van der Waals surface area contributed by atoms with Gasteiger partial charge in [0.05, 0.1) is 4.90 Å². The van der Waals surface area contributed by atoms with Crippen LogP contribution in [0.15, 0.2) is 59.5 Å². The van der Waals surface area contributed by atoms with Crippen molar-refractivity contribution >= 4 is 9.84 Å². The Balaban J connectivity index is 1.95. The van der Waals surface area contributed by atoms with Crippen molar-refractivity contribution in [2.75, 3.05) is 13.1 Å². The Bertz CT molecular complexity index is 866. The lowest BCUT2D eigenvalue weighted by Gasteiger charge is -2.43. The molecule has 4 rings (SSSR count). The van der Waals surface area contributed by atoms with Gasteiger partial charge in [-0.15, -0.1) is 0 Å². The fraction of sp³-hybridized carbons (Fsp3) is 0.400. The summed E-state index contributed by atoms with van der Waals surface area (Å²) < 4.78 is 26.8. The minimum atomic E-state index is -3.57. The molecule has 1 heterocycles. The second-order valence-electron chi connectivity index (χ2n) is 7.13. The standard InChI is InChI=1S/C20H24N2O2S/c21-19-11-13-22-14-18(19)20(12-10-15-6-4-5-9-17(15)20)25(23,24)16-7-2-1-3-8-16/h1-9,18-19,22H,10-14,21H2. The van der Waals surface area contributed by atoms with E-state index in [9.17, 15) is 8.42 Å². The number of benzene rings is 2. The van der Waals surface area contributed by atoms with Crippen LogP contribution in [0.25, 0.3) is 0 Å². The van der Waals surface area contributed by atoms with Crippen molar-refractivity contribution in [3.05, 3.63) is 65.7 Å². The van der Waals surface area contributed by atoms with Crippen LogP contribution in [0.3, 0.4) is 0 Å². The maximum absolute atomic E-state index is 13.9. The van der Waals surface area contributed by atoms with Gasteiger partial charge in [-0.05, 0) is 49.1 Å². The first-order valence-electron chi connectivity index (χ1n) is 8.92. The lowest BCUT2D eigenvalue weighted by Crippen LogP contribution is -2.56. The van der Waals surface area contributed by atoms with Crippen LogP contribution in [0.4, 0.5) is 0 Å². The monoisotopic (exact) mass is 356 g/mol. The van der Waals surface area contributed by atoms with Gasteiger partial charge in [-0.2, -0.15) is 0 Å². The minimum Gasteiger partial charge on any atom is -0.327 e. The van der Waals surface area contributed by atoms with Crippen LogP contribution in [-0.4, -0.2) is 27.5 Å². The number of aryl methyl sites for hydroxylation is 1. The SMILES string of the molecule is NC1CCNCC1C1(S(=O)(=O)c2ccccc2)CCc2ccccc21. The summed E-state index contributed by atoms with van der Waals surface area (Å²) in [5.74, 6) is -0.130. The largest absolute Gasteiger partial charge is 0.327 e. The topological polar surface area (TPSA) is 72.2 Å². The molecule has 0 radical (unpaired) electrons. The van der Waals surface area contributed by atoms with Crippen molar-refractivity contribution in [2.24, 2.45) is 11.7 Å². The van der Waals surface area contributed by atoms with E-state index < -0.39 is 14.6 Å².